The van der Waals surface area contributed by atoms with Gasteiger partial charge in [0, 0.05) is 5.69 Å². The lowest BCUT2D eigenvalue weighted by molar-refractivity contribution is -0.151. The van der Waals surface area contributed by atoms with Crippen molar-refractivity contribution in [3.8, 4) is 5.75 Å². The van der Waals surface area contributed by atoms with Crippen LogP contribution in [-0.2, 0) is 9.59 Å². The van der Waals surface area contributed by atoms with Crippen molar-refractivity contribution >= 4 is 17.6 Å². The highest BCUT2D eigenvalue weighted by atomic mass is 19.3. The predicted octanol–water partition coefficient (Wildman–Crippen LogP) is 2.34. The van der Waals surface area contributed by atoms with E-state index >= 15 is 0 Å². The van der Waals surface area contributed by atoms with E-state index in [0.717, 1.165) is 0 Å². The van der Waals surface area contributed by atoms with Crippen LogP contribution in [0.3, 0.4) is 0 Å². The van der Waals surface area contributed by atoms with Gasteiger partial charge in [-0.15, -0.1) is 0 Å². The average molecular weight is 273 g/mol. The molecule has 104 valence electrons. The van der Waals surface area contributed by atoms with Crippen LogP contribution in [0.25, 0.3) is 0 Å². The fraction of sp³-hybridized carbons (Fsp3) is 0.333. The molecule has 1 aromatic carbocycles. The Hall–Kier alpha value is -2.18. The number of benzene rings is 1. The number of aliphatic carboxylic acids is 1. The first-order chi connectivity index (χ1) is 8.73. The molecule has 0 aliphatic heterocycles. The first-order valence-electron chi connectivity index (χ1n) is 5.33. The van der Waals surface area contributed by atoms with Gasteiger partial charge in [-0.2, -0.15) is 8.78 Å². The minimum atomic E-state index is -2.92. The van der Waals surface area contributed by atoms with Gasteiger partial charge in [-0.05, 0) is 38.1 Å². The third-order valence-corrected chi connectivity index (χ3v) is 2.44. The number of alkyl halides is 2. The van der Waals surface area contributed by atoms with Crippen LogP contribution in [0.15, 0.2) is 24.3 Å². The summed E-state index contributed by atoms with van der Waals surface area (Å²) in [6.45, 7) is -0.399. The molecule has 1 amide bonds. The molecule has 0 aliphatic rings. The molecule has 0 fully saturated rings. The molecule has 5 nitrogen and oxygen atoms in total. The highest BCUT2D eigenvalue weighted by Gasteiger charge is 2.35. The molecule has 0 unspecified atom stereocenters. The minimum absolute atomic E-state index is 0.0505. The van der Waals surface area contributed by atoms with Gasteiger partial charge < -0.3 is 15.2 Å². The number of rotatable bonds is 5. The molecule has 0 saturated heterocycles. The number of carbonyl (C=O) groups is 2. The Labute approximate surface area is 108 Å². The first kappa shape index (κ1) is 14.9. The minimum Gasteiger partial charge on any atom is -0.480 e. The van der Waals surface area contributed by atoms with E-state index in [0.29, 0.717) is 5.69 Å². The lowest BCUT2D eigenvalue weighted by Gasteiger charge is -2.18. The summed E-state index contributed by atoms with van der Waals surface area (Å²) < 4.78 is 28.0. The molecular formula is C12H13F2NO4. The quantitative estimate of drug-likeness (QED) is 0.807. The second-order valence-corrected chi connectivity index (χ2v) is 4.29. The Morgan fingerprint density at radius 3 is 2.21 bits per heavy atom. The molecule has 0 saturated carbocycles. The molecule has 1 rings (SSSR count). The van der Waals surface area contributed by atoms with E-state index in [1.165, 1.54) is 38.1 Å². The average Bonchev–Trinajstić information content (AvgIpc) is 2.30. The van der Waals surface area contributed by atoms with E-state index < -0.39 is 23.9 Å². The number of halogens is 2. The zero-order chi connectivity index (χ0) is 14.6. The van der Waals surface area contributed by atoms with Crippen LogP contribution in [0.5, 0.6) is 5.75 Å². The summed E-state index contributed by atoms with van der Waals surface area (Å²) in [7, 11) is 0. The highest BCUT2D eigenvalue weighted by Crippen LogP contribution is 2.21. The van der Waals surface area contributed by atoms with Gasteiger partial charge in [0.1, 0.15) is 11.2 Å². The van der Waals surface area contributed by atoms with Crippen molar-refractivity contribution in [1.29, 1.82) is 0 Å². The second-order valence-electron chi connectivity index (χ2n) is 4.29. The largest absolute Gasteiger partial charge is 0.480 e. The van der Waals surface area contributed by atoms with Crippen molar-refractivity contribution in [3.63, 3.8) is 0 Å². The smallest absolute Gasteiger partial charge is 0.387 e. The summed E-state index contributed by atoms with van der Waals surface area (Å²) in [5, 5.41) is 11.2. The van der Waals surface area contributed by atoms with Crippen molar-refractivity contribution in [2.24, 2.45) is 5.41 Å². The molecule has 0 aliphatic carbocycles. The molecule has 0 bridgehead atoms. The van der Waals surface area contributed by atoms with Crippen molar-refractivity contribution in [2.75, 3.05) is 5.32 Å². The molecule has 2 N–H and O–H groups in total. The topological polar surface area (TPSA) is 75.6 Å². The number of carboxylic acid groups (broad SMARTS) is 1. The predicted molar refractivity (Wildman–Crippen MR) is 63.1 cm³/mol. The molecule has 0 aromatic heterocycles. The zero-order valence-corrected chi connectivity index (χ0v) is 10.3. The fourth-order valence-electron chi connectivity index (χ4n) is 1.10. The maximum absolute atomic E-state index is 11.9. The van der Waals surface area contributed by atoms with Gasteiger partial charge in [0.05, 0.1) is 0 Å². The van der Waals surface area contributed by atoms with Crippen LogP contribution in [0, 0.1) is 5.41 Å². The van der Waals surface area contributed by atoms with Crippen LogP contribution < -0.4 is 10.1 Å². The third kappa shape index (κ3) is 3.90. The van der Waals surface area contributed by atoms with E-state index in [1.807, 2.05) is 0 Å². The van der Waals surface area contributed by atoms with Crippen LogP contribution in [0.2, 0.25) is 0 Å². The standard InChI is InChI=1S/C12H13F2NO4/c1-12(2,10(17)18)9(16)15-7-3-5-8(6-4-7)19-11(13)14/h3-6,11H,1-2H3,(H,15,16)(H,17,18). The Kier molecular flexibility index (Phi) is 4.42. The summed E-state index contributed by atoms with van der Waals surface area (Å²) in [5.74, 6) is -2.02. The first-order valence-corrected chi connectivity index (χ1v) is 5.33. The number of anilines is 1. The number of carbonyl (C=O) groups excluding carboxylic acids is 1. The van der Waals surface area contributed by atoms with E-state index in [2.05, 4.69) is 10.1 Å². The number of carboxylic acids is 1. The van der Waals surface area contributed by atoms with Crippen LogP contribution >= 0.6 is 0 Å². The van der Waals surface area contributed by atoms with Crippen molar-refractivity contribution in [3.05, 3.63) is 24.3 Å². The molecule has 0 atom stereocenters. The second kappa shape index (κ2) is 5.64. The summed E-state index contributed by atoms with van der Waals surface area (Å²) >= 11 is 0. The van der Waals surface area contributed by atoms with Gasteiger partial charge in [-0.3, -0.25) is 9.59 Å². The molecule has 0 radical (unpaired) electrons. The Bertz CT molecular complexity index is 471. The molecule has 7 heteroatoms. The lowest BCUT2D eigenvalue weighted by atomic mass is 9.92. The van der Waals surface area contributed by atoms with E-state index in [1.54, 1.807) is 0 Å². The number of nitrogens with one attached hydrogen (secondary N) is 1. The molecule has 1 aromatic rings. The molecule has 19 heavy (non-hydrogen) atoms. The molecule has 0 heterocycles. The van der Waals surface area contributed by atoms with Crippen LogP contribution in [0.1, 0.15) is 13.8 Å². The third-order valence-electron chi connectivity index (χ3n) is 2.44. The van der Waals surface area contributed by atoms with Crippen molar-refractivity contribution in [1.82, 2.24) is 0 Å². The number of hydrogen-bond acceptors (Lipinski definition) is 3. The van der Waals surface area contributed by atoms with Gasteiger partial charge >= 0.3 is 12.6 Å². The SMILES string of the molecule is CC(C)(C(=O)O)C(=O)Nc1ccc(OC(F)F)cc1. The fourth-order valence-corrected chi connectivity index (χ4v) is 1.10. The maximum atomic E-state index is 11.9. The van der Waals surface area contributed by atoms with Crippen molar-refractivity contribution < 1.29 is 28.2 Å². The van der Waals surface area contributed by atoms with E-state index in [9.17, 15) is 18.4 Å². The van der Waals surface area contributed by atoms with Gasteiger partial charge in [-0.25, -0.2) is 0 Å². The zero-order valence-electron chi connectivity index (χ0n) is 10.3. The van der Waals surface area contributed by atoms with Crippen LogP contribution in [0.4, 0.5) is 14.5 Å². The summed E-state index contributed by atoms with van der Waals surface area (Å²) in [5.41, 5.74) is -1.29. The Morgan fingerprint density at radius 1 is 1.26 bits per heavy atom. The van der Waals surface area contributed by atoms with Gasteiger partial charge in [0.25, 0.3) is 0 Å². The number of ether oxygens (including phenoxy) is 1. The Balaban J connectivity index is 2.73. The molecular weight excluding hydrogens is 260 g/mol. The molecule has 0 spiro atoms. The number of hydrogen-bond donors (Lipinski definition) is 2. The maximum Gasteiger partial charge on any atom is 0.387 e. The van der Waals surface area contributed by atoms with Gasteiger partial charge in [-0.1, -0.05) is 0 Å². The van der Waals surface area contributed by atoms with Crippen LogP contribution in [-0.4, -0.2) is 23.6 Å². The summed E-state index contributed by atoms with van der Waals surface area (Å²) in [6, 6.07) is 5.17. The normalized spacial score (nSPS) is 11.2. The van der Waals surface area contributed by atoms with Crippen molar-refractivity contribution in [2.45, 2.75) is 20.5 Å². The summed E-state index contributed by atoms with van der Waals surface area (Å²) in [4.78, 5) is 22.6. The lowest BCUT2D eigenvalue weighted by Crippen LogP contribution is -2.37. The highest BCUT2D eigenvalue weighted by molar-refractivity contribution is 6.07. The van der Waals surface area contributed by atoms with Gasteiger partial charge in [0.2, 0.25) is 5.91 Å². The van der Waals surface area contributed by atoms with E-state index in [4.69, 9.17) is 5.11 Å². The monoisotopic (exact) mass is 273 g/mol. The van der Waals surface area contributed by atoms with E-state index in [-0.39, 0.29) is 5.75 Å². The summed E-state index contributed by atoms with van der Waals surface area (Å²) in [6.07, 6.45) is 0. The number of amides is 1. The van der Waals surface area contributed by atoms with Gasteiger partial charge in [0.15, 0.2) is 0 Å². The Morgan fingerprint density at radius 2 is 1.79 bits per heavy atom.